The third kappa shape index (κ3) is 3.90. The summed E-state index contributed by atoms with van der Waals surface area (Å²) in [5, 5.41) is 17.8. The molecular formula is C19H17ClN6O4. The Labute approximate surface area is 174 Å². The van der Waals surface area contributed by atoms with E-state index in [1.54, 1.807) is 24.3 Å². The normalized spacial score (nSPS) is 11.7. The number of nitrogens with one attached hydrogen (secondary N) is 1. The van der Waals surface area contributed by atoms with Gasteiger partial charge in [-0.2, -0.15) is 10.2 Å². The van der Waals surface area contributed by atoms with E-state index in [1.807, 2.05) is 13.8 Å². The van der Waals surface area contributed by atoms with Crippen molar-refractivity contribution in [3.63, 3.8) is 0 Å². The van der Waals surface area contributed by atoms with Crippen molar-refractivity contribution >= 4 is 28.6 Å². The van der Waals surface area contributed by atoms with Crippen molar-refractivity contribution in [2.24, 2.45) is 0 Å². The maximum Gasteiger partial charge on any atom is 0.338 e. The Morgan fingerprint density at radius 3 is 2.63 bits per heavy atom. The summed E-state index contributed by atoms with van der Waals surface area (Å²) in [6.07, 6.45) is 3.90. The lowest BCUT2D eigenvalue weighted by atomic mass is 10.1. The van der Waals surface area contributed by atoms with E-state index in [2.05, 4.69) is 20.2 Å². The van der Waals surface area contributed by atoms with Gasteiger partial charge in [-0.15, -0.1) is 0 Å². The highest BCUT2D eigenvalue weighted by Gasteiger charge is 2.24. The number of H-pyrrole nitrogens is 1. The summed E-state index contributed by atoms with van der Waals surface area (Å²) < 4.78 is 8.73. The van der Waals surface area contributed by atoms with Crippen LogP contribution >= 0.6 is 11.6 Å². The van der Waals surface area contributed by atoms with Gasteiger partial charge in [0.25, 0.3) is 5.56 Å². The molecule has 0 aliphatic rings. The summed E-state index contributed by atoms with van der Waals surface area (Å²) >= 11 is 5.90. The molecule has 0 atom stereocenters. The number of hydrogen-bond donors (Lipinski definition) is 2. The molecular weight excluding hydrogens is 412 g/mol. The summed E-state index contributed by atoms with van der Waals surface area (Å²) in [4.78, 5) is 30.7. The van der Waals surface area contributed by atoms with Crippen LogP contribution in [0.2, 0.25) is 5.02 Å². The Hall–Kier alpha value is -3.66. The quantitative estimate of drug-likeness (QED) is 0.482. The van der Waals surface area contributed by atoms with E-state index < -0.39 is 17.1 Å². The molecule has 3 heterocycles. The number of fused-ring (bicyclic) bond motifs is 1. The number of ether oxygens (including phenoxy) is 1. The second-order valence-corrected chi connectivity index (χ2v) is 7.66. The number of hydrogen-bond acceptors (Lipinski definition) is 6. The summed E-state index contributed by atoms with van der Waals surface area (Å²) in [7, 11) is 0. The molecule has 10 nitrogen and oxygen atoms in total. The fraction of sp³-hybridized carbons (Fsp3) is 0.211. The molecule has 0 aliphatic heterocycles. The van der Waals surface area contributed by atoms with Gasteiger partial charge in [-0.3, -0.25) is 14.5 Å². The van der Waals surface area contributed by atoms with Crippen LogP contribution in [0.5, 0.6) is 5.75 Å². The molecule has 0 bridgehead atoms. The lowest BCUT2D eigenvalue weighted by Gasteiger charge is -2.26. The first-order valence-corrected chi connectivity index (χ1v) is 9.28. The van der Waals surface area contributed by atoms with Crippen LogP contribution in [0.3, 0.4) is 0 Å². The number of aromatic carboxylic acids is 1. The number of carboxylic acid groups (broad SMARTS) is 1. The number of benzene rings is 1. The highest BCUT2D eigenvalue weighted by Crippen LogP contribution is 2.22. The monoisotopic (exact) mass is 428 g/mol. The number of aromatic amines is 1. The summed E-state index contributed by atoms with van der Waals surface area (Å²) in [6.45, 7) is 4.04. The van der Waals surface area contributed by atoms with Crippen LogP contribution in [-0.4, -0.2) is 46.2 Å². The van der Waals surface area contributed by atoms with E-state index in [-0.39, 0.29) is 23.6 Å². The van der Waals surface area contributed by atoms with Crippen molar-refractivity contribution in [2.45, 2.75) is 26.0 Å². The van der Waals surface area contributed by atoms with Crippen molar-refractivity contribution in [1.82, 2.24) is 29.5 Å². The zero-order valence-electron chi connectivity index (χ0n) is 16.0. The lowest BCUT2D eigenvalue weighted by Crippen LogP contribution is -2.35. The minimum Gasteiger partial charge on any atom is -0.486 e. The highest BCUT2D eigenvalue weighted by atomic mass is 35.5. The zero-order valence-corrected chi connectivity index (χ0v) is 16.8. The molecule has 4 rings (SSSR count). The molecule has 0 fully saturated rings. The van der Waals surface area contributed by atoms with Gasteiger partial charge in [-0.05, 0) is 38.1 Å². The van der Waals surface area contributed by atoms with E-state index in [0.717, 1.165) is 0 Å². The third-order valence-corrected chi connectivity index (χ3v) is 4.52. The SMILES string of the molecule is CC(C)(Cn1ncc2nc(-n3cc(C(=O)O)cn3)[nH]c(=O)c21)Oc1ccc(Cl)cc1. The number of carbonyl (C=O) groups is 1. The number of halogens is 1. The molecule has 0 spiro atoms. The van der Waals surface area contributed by atoms with Crippen LogP contribution in [0.25, 0.3) is 17.0 Å². The average Bonchev–Trinajstić information content (AvgIpc) is 3.31. The molecule has 30 heavy (non-hydrogen) atoms. The van der Waals surface area contributed by atoms with E-state index in [0.29, 0.717) is 16.3 Å². The van der Waals surface area contributed by atoms with Gasteiger partial charge in [0.1, 0.15) is 16.9 Å². The van der Waals surface area contributed by atoms with Crippen molar-refractivity contribution < 1.29 is 14.6 Å². The largest absolute Gasteiger partial charge is 0.486 e. The van der Waals surface area contributed by atoms with Gasteiger partial charge >= 0.3 is 5.97 Å². The molecule has 0 saturated carbocycles. The maximum atomic E-state index is 12.7. The van der Waals surface area contributed by atoms with Crippen LogP contribution in [0, 0.1) is 0 Å². The van der Waals surface area contributed by atoms with E-state index in [9.17, 15) is 9.59 Å². The first-order chi connectivity index (χ1) is 14.2. The predicted octanol–water partition coefficient (Wildman–Crippen LogP) is 2.51. The van der Waals surface area contributed by atoms with E-state index >= 15 is 0 Å². The number of aromatic nitrogens is 6. The van der Waals surface area contributed by atoms with Gasteiger partial charge in [0.2, 0.25) is 5.95 Å². The second-order valence-electron chi connectivity index (χ2n) is 7.22. The summed E-state index contributed by atoms with van der Waals surface area (Å²) in [5.74, 6) is -0.389. The van der Waals surface area contributed by atoms with Crippen molar-refractivity contribution in [1.29, 1.82) is 0 Å². The number of carboxylic acids is 1. The Balaban J connectivity index is 1.63. The van der Waals surface area contributed by atoms with Crippen LogP contribution in [0.1, 0.15) is 24.2 Å². The average molecular weight is 429 g/mol. The van der Waals surface area contributed by atoms with Gasteiger partial charge in [0, 0.05) is 11.2 Å². The van der Waals surface area contributed by atoms with Crippen molar-refractivity contribution in [3.05, 3.63) is 63.8 Å². The van der Waals surface area contributed by atoms with E-state index in [1.165, 1.54) is 28.0 Å². The molecule has 4 aromatic rings. The number of nitrogens with zero attached hydrogens (tertiary/aromatic N) is 5. The smallest absolute Gasteiger partial charge is 0.338 e. The van der Waals surface area contributed by atoms with Gasteiger partial charge in [0.05, 0.1) is 24.5 Å². The standard InChI is InChI=1S/C19H17ClN6O4/c1-19(2,30-13-5-3-12(20)4-6-13)10-26-15-14(8-22-26)23-18(24-16(15)27)25-9-11(7-21-25)17(28)29/h3-9H,10H2,1-2H3,(H,28,29)(H,23,24,27). The Morgan fingerprint density at radius 2 is 1.97 bits per heavy atom. The topological polar surface area (TPSA) is 128 Å². The molecule has 2 N–H and O–H groups in total. The van der Waals surface area contributed by atoms with Crippen LogP contribution in [0.4, 0.5) is 0 Å². The summed E-state index contributed by atoms with van der Waals surface area (Å²) in [6, 6.07) is 7.00. The number of rotatable bonds is 6. The Bertz CT molecular complexity index is 1290. The maximum absolute atomic E-state index is 12.7. The Kier molecular flexibility index (Phi) is 4.78. The zero-order chi connectivity index (χ0) is 21.5. The second kappa shape index (κ2) is 7.30. The van der Waals surface area contributed by atoms with Gasteiger partial charge in [-0.1, -0.05) is 11.6 Å². The fourth-order valence-corrected chi connectivity index (χ4v) is 3.11. The molecule has 0 amide bonds. The Morgan fingerprint density at radius 1 is 1.23 bits per heavy atom. The molecule has 0 radical (unpaired) electrons. The minimum atomic E-state index is -1.12. The van der Waals surface area contributed by atoms with Gasteiger partial charge < -0.3 is 9.84 Å². The fourth-order valence-electron chi connectivity index (χ4n) is 2.99. The molecule has 11 heteroatoms. The molecule has 0 aliphatic carbocycles. The first-order valence-electron chi connectivity index (χ1n) is 8.91. The van der Waals surface area contributed by atoms with Gasteiger partial charge in [-0.25, -0.2) is 14.5 Å². The molecule has 0 unspecified atom stereocenters. The predicted molar refractivity (Wildman–Crippen MR) is 108 cm³/mol. The highest BCUT2D eigenvalue weighted by molar-refractivity contribution is 6.30. The molecule has 1 aromatic carbocycles. The van der Waals surface area contributed by atoms with Crippen LogP contribution in [-0.2, 0) is 6.54 Å². The van der Waals surface area contributed by atoms with Crippen molar-refractivity contribution in [3.8, 4) is 11.7 Å². The lowest BCUT2D eigenvalue weighted by molar-refractivity contribution is 0.0696. The molecule has 154 valence electrons. The van der Waals surface area contributed by atoms with Crippen molar-refractivity contribution in [2.75, 3.05) is 0 Å². The third-order valence-electron chi connectivity index (χ3n) is 4.27. The van der Waals surface area contributed by atoms with Crippen LogP contribution in [0.15, 0.2) is 47.7 Å². The summed E-state index contributed by atoms with van der Waals surface area (Å²) in [5.41, 5.74) is -0.506. The molecule has 0 saturated heterocycles. The first kappa shape index (κ1) is 19.6. The van der Waals surface area contributed by atoms with E-state index in [4.69, 9.17) is 21.4 Å². The van der Waals surface area contributed by atoms with Crippen LogP contribution < -0.4 is 10.3 Å². The minimum absolute atomic E-state index is 0.0189. The van der Waals surface area contributed by atoms with Gasteiger partial charge in [0.15, 0.2) is 5.52 Å². The molecule has 3 aromatic heterocycles.